The Morgan fingerprint density at radius 3 is 0.742 bits per heavy atom. The highest BCUT2D eigenvalue weighted by Gasteiger charge is 2.39. The number of hydrogen-bond acceptors (Lipinski definition) is 0. The first-order chi connectivity index (χ1) is 31.1. The summed E-state index contributed by atoms with van der Waals surface area (Å²) in [6.45, 7) is 24.9. The molecule has 340 valence electrons. The Hall–Kier alpha value is -5.03. The minimum Gasteiger partial charge on any atom is -0.498 e. The minimum absolute atomic E-state index is 0.00321. The highest BCUT2D eigenvalue weighted by Crippen LogP contribution is 2.30. The minimum atomic E-state index is -2.70. The van der Waals surface area contributed by atoms with Crippen LogP contribution < -0.4 is 32.8 Å². The van der Waals surface area contributed by atoms with E-state index in [-0.39, 0.29) is 21.8 Å². The molecule has 0 aromatic heterocycles. The molecule has 0 aliphatic rings. The molecule has 0 atom stereocenters. The first-order valence-electron chi connectivity index (χ1n) is 23.3. The molecule has 0 fully saturated rings. The van der Waals surface area contributed by atoms with Crippen molar-refractivity contribution in [1.29, 1.82) is 0 Å². The van der Waals surface area contributed by atoms with Crippen LogP contribution in [0.4, 0.5) is 8.63 Å². The van der Waals surface area contributed by atoms with Crippen molar-refractivity contribution in [2.75, 3.05) is 25.0 Å². The molecule has 6 heteroatoms. The second-order valence-electron chi connectivity index (χ2n) is 19.8. The summed E-state index contributed by atoms with van der Waals surface area (Å²) in [6.07, 6.45) is 3.50. The van der Waals surface area contributed by atoms with E-state index in [9.17, 15) is 0 Å². The predicted octanol–water partition coefficient (Wildman–Crippen LogP) is 11.7. The molecule has 0 unspecified atom stereocenters. The van der Waals surface area contributed by atoms with Gasteiger partial charge in [-0.05, 0) is 106 Å². The highest BCUT2D eigenvalue weighted by molar-refractivity contribution is 7.96. The van der Waals surface area contributed by atoms with Crippen LogP contribution in [0.5, 0.6) is 0 Å². The molecular formula is C60H68B2F2S2. The van der Waals surface area contributed by atoms with Crippen molar-refractivity contribution in [2.45, 2.75) is 92.9 Å². The third-order valence-electron chi connectivity index (χ3n) is 14.1. The predicted molar refractivity (Wildman–Crippen MR) is 297 cm³/mol. The summed E-state index contributed by atoms with van der Waals surface area (Å²) < 4.78 is 37.1. The number of hydrogen-bond donors (Lipinski definition) is 0. The molecule has 0 heterocycles. The van der Waals surface area contributed by atoms with Crippen LogP contribution in [0.1, 0.15) is 66.8 Å². The lowest BCUT2D eigenvalue weighted by Gasteiger charge is -2.41. The van der Waals surface area contributed by atoms with Gasteiger partial charge in [-0.15, -0.1) is 0 Å². The number of aryl methyl sites for hydroxylation is 12. The maximum atomic E-state index is 18.5. The van der Waals surface area contributed by atoms with Crippen LogP contribution in [-0.4, -0.2) is 37.9 Å². The fraction of sp³-hybridized carbons (Fsp3) is 0.267. The van der Waals surface area contributed by atoms with Crippen molar-refractivity contribution in [1.82, 2.24) is 0 Å². The fourth-order valence-corrected chi connectivity index (χ4v) is 14.2. The molecule has 8 rings (SSSR count). The lowest BCUT2D eigenvalue weighted by molar-refractivity contribution is 0.838. The molecule has 0 aliphatic carbocycles. The van der Waals surface area contributed by atoms with Crippen molar-refractivity contribution < 1.29 is 8.63 Å². The van der Waals surface area contributed by atoms with Gasteiger partial charge in [0.05, 0.1) is 0 Å². The molecule has 8 aromatic carbocycles. The summed E-state index contributed by atoms with van der Waals surface area (Å²) in [5, 5.41) is 4.38. The van der Waals surface area contributed by atoms with Gasteiger partial charge in [0.1, 0.15) is 25.0 Å². The van der Waals surface area contributed by atoms with Crippen molar-refractivity contribution in [2.24, 2.45) is 0 Å². The number of fused-ring (bicyclic) bond motifs is 2. The van der Waals surface area contributed by atoms with Crippen LogP contribution >= 0.6 is 0 Å². The van der Waals surface area contributed by atoms with Crippen LogP contribution in [0.2, 0.25) is 0 Å². The summed E-state index contributed by atoms with van der Waals surface area (Å²) in [5.41, 5.74) is 17.9. The topological polar surface area (TPSA) is 0 Å². The van der Waals surface area contributed by atoms with Gasteiger partial charge in [0.15, 0.2) is 9.79 Å². The first-order valence-corrected chi connectivity index (χ1v) is 27.4. The van der Waals surface area contributed by atoms with Gasteiger partial charge in [-0.3, -0.25) is 0 Å². The van der Waals surface area contributed by atoms with Gasteiger partial charge in [-0.2, -0.15) is 32.8 Å². The van der Waals surface area contributed by atoms with Gasteiger partial charge < -0.3 is 8.63 Å². The third kappa shape index (κ3) is 8.69. The zero-order valence-corrected chi connectivity index (χ0v) is 43.9. The quantitative estimate of drug-likeness (QED) is 0.105. The zero-order valence-electron chi connectivity index (χ0n) is 42.3. The van der Waals surface area contributed by atoms with Crippen molar-refractivity contribution >= 4 is 89.0 Å². The van der Waals surface area contributed by atoms with Gasteiger partial charge in [0, 0.05) is 32.6 Å². The summed E-state index contributed by atoms with van der Waals surface area (Å²) in [7, 11) is 0.00642. The van der Waals surface area contributed by atoms with Crippen LogP contribution in [0.3, 0.4) is 0 Å². The normalized spacial score (nSPS) is 12.1. The Morgan fingerprint density at radius 2 is 0.530 bits per heavy atom. The summed E-state index contributed by atoms with van der Waals surface area (Å²) in [6, 6.07) is 42.2. The summed E-state index contributed by atoms with van der Waals surface area (Å²) >= 11 is 0. The standard InChI is InChI=1S/2C30H34BFS/c2*1-19-15-21(3)29(22(4)16-19)31(32,30-23(5)17-20(2)18-24(30)6)26-13-9-11-25-12-10-14-27(28(25)26)33(7)8/h2*9-18H,1-8H3. The van der Waals surface area contributed by atoms with Gasteiger partial charge >= 0.3 is 0 Å². The van der Waals surface area contributed by atoms with Crippen LogP contribution in [0, 0.1) is 83.1 Å². The maximum Gasteiger partial charge on any atom is 0.236 e. The molecule has 0 spiro atoms. The van der Waals surface area contributed by atoms with E-state index in [1.54, 1.807) is 0 Å². The van der Waals surface area contributed by atoms with E-state index in [0.717, 1.165) is 98.8 Å². The smallest absolute Gasteiger partial charge is 0.236 e. The maximum absolute atomic E-state index is 18.5. The molecule has 0 saturated carbocycles. The number of rotatable bonds is 8. The molecule has 8 aromatic rings. The Kier molecular flexibility index (Phi) is 14.0. The molecule has 0 aliphatic heterocycles. The molecule has 0 bridgehead atoms. The zero-order chi connectivity index (χ0) is 48.2. The average Bonchev–Trinajstić information content (AvgIpc) is 3.21. The van der Waals surface area contributed by atoms with E-state index in [0.29, 0.717) is 0 Å². The van der Waals surface area contributed by atoms with E-state index < -0.39 is 12.8 Å². The van der Waals surface area contributed by atoms with Crippen LogP contribution in [-0.2, 0) is 21.8 Å². The molecular weight excluding hydrogens is 844 g/mol. The summed E-state index contributed by atoms with van der Waals surface area (Å²) in [5.74, 6) is 0. The van der Waals surface area contributed by atoms with Crippen molar-refractivity contribution in [3.8, 4) is 0 Å². The highest BCUT2D eigenvalue weighted by atomic mass is 32.2. The van der Waals surface area contributed by atoms with E-state index in [1.165, 1.54) is 32.0 Å². The third-order valence-corrected chi connectivity index (χ3v) is 16.5. The average molecular weight is 913 g/mol. The molecule has 0 N–H and O–H groups in total. The SMILES string of the molecule is Cc1cc(C)c([B-](F)(c2c(C)cc(C)cc2C)c2cccc3cccc([S+](C)C)c23)c(C)c1.Cc1cc(C)c([B-](F)(c2c(C)cc(C)cc2C)c2cccc3cccc([S+](C)C)c23)c(C)c1. The lowest BCUT2D eigenvalue weighted by atomic mass is 9.28. The van der Waals surface area contributed by atoms with Crippen LogP contribution in [0.25, 0.3) is 21.5 Å². The largest absolute Gasteiger partial charge is 0.498 e. The molecule has 0 amide bonds. The van der Waals surface area contributed by atoms with E-state index in [2.05, 4.69) is 205 Å². The Morgan fingerprint density at radius 1 is 0.318 bits per heavy atom. The monoisotopic (exact) mass is 912 g/mol. The van der Waals surface area contributed by atoms with E-state index >= 15 is 8.63 Å². The summed E-state index contributed by atoms with van der Waals surface area (Å²) in [4.78, 5) is 2.47. The first kappa shape index (κ1) is 48.9. The van der Waals surface area contributed by atoms with E-state index in [4.69, 9.17) is 0 Å². The molecule has 0 radical (unpaired) electrons. The van der Waals surface area contributed by atoms with E-state index in [1.807, 2.05) is 24.3 Å². The fourth-order valence-electron chi connectivity index (χ4n) is 12.2. The van der Waals surface area contributed by atoms with Crippen LogP contribution in [0.15, 0.2) is 131 Å². The van der Waals surface area contributed by atoms with Gasteiger partial charge in [0.25, 0.3) is 0 Å². The number of halogens is 2. The Balaban J connectivity index is 0.000000196. The molecule has 0 nitrogen and oxygen atoms in total. The Labute approximate surface area is 401 Å². The van der Waals surface area contributed by atoms with Gasteiger partial charge in [-0.25, -0.2) is 0 Å². The molecule has 66 heavy (non-hydrogen) atoms. The van der Waals surface area contributed by atoms with Gasteiger partial charge in [0.2, 0.25) is 12.8 Å². The second-order valence-corrected chi connectivity index (χ2v) is 24.0. The number of benzene rings is 8. The lowest BCUT2D eigenvalue weighted by Crippen LogP contribution is -2.67. The van der Waals surface area contributed by atoms with Crippen molar-refractivity contribution in [3.63, 3.8) is 0 Å². The molecule has 0 saturated heterocycles. The van der Waals surface area contributed by atoms with Crippen molar-refractivity contribution in [3.05, 3.63) is 188 Å². The second kappa shape index (κ2) is 18.9. The Bertz CT molecular complexity index is 2730. The van der Waals surface area contributed by atoms with Gasteiger partial charge in [-0.1, -0.05) is 176 Å².